The van der Waals surface area contributed by atoms with Crippen LogP contribution in [0.1, 0.15) is 21.5 Å². The first kappa shape index (κ1) is 20.9. The molecular weight excluding hydrogens is 386 g/mol. The van der Waals surface area contributed by atoms with E-state index in [1.165, 1.54) is 14.2 Å². The smallest absolute Gasteiger partial charge is 0.309 e. The summed E-state index contributed by atoms with van der Waals surface area (Å²) in [4.78, 5) is 36.1. The lowest BCUT2D eigenvalue weighted by molar-refractivity contribution is -0.140. The van der Waals surface area contributed by atoms with Crippen molar-refractivity contribution < 1.29 is 29.0 Å². The number of ether oxygens (including phenoxy) is 2. The normalized spacial score (nSPS) is 10.5. The number of hydrogen-bond acceptors (Lipinski definition) is 6. The van der Waals surface area contributed by atoms with E-state index in [0.717, 1.165) is 5.39 Å². The van der Waals surface area contributed by atoms with Gasteiger partial charge in [-0.1, -0.05) is 36.4 Å². The minimum Gasteiger partial charge on any atom is -0.506 e. The topological polar surface area (TPSA) is 102 Å². The van der Waals surface area contributed by atoms with Gasteiger partial charge < -0.3 is 19.9 Å². The zero-order chi connectivity index (χ0) is 21.7. The summed E-state index contributed by atoms with van der Waals surface area (Å²) in [6.45, 7) is 0. The average Bonchev–Trinajstić information content (AvgIpc) is 2.73. The molecule has 0 radical (unpaired) electrons. The first-order valence-corrected chi connectivity index (χ1v) is 9.20. The van der Waals surface area contributed by atoms with Crippen molar-refractivity contribution in [1.82, 2.24) is 0 Å². The predicted octanol–water partition coefficient (Wildman–Crippen LogP) is 3.23. The maximum absolute atomic E-state index is 12.8. The van der Waals surface area contributed by atoms with E-state index in [-0.39, 0.29) is 24.2 Å². The molecule has 3 aromatic carbocycles. The SMILES string of the molecule is COC(=O)Cc1cc(CC(=O)OC)cc(NC(=O)c2ccc3ccccc3c2O)c1. The Hall–Kier alpha value is -3.87. The van der Waals surface area contributed by atoms with Crippen molar-refractivity contribution in [1.29, 1.82) is 0 Å². The van der Waals surface area contributed by atoms with Crippen molar-refractivity contribution in [2.45, 2.75) is 12.8 Å². The van der Waals surface area contributed by atoms with Gasteiger partial charge in [-0.25, -0.2) is 0 Å². The van der Waals surface area contributed by atoms with Crippen molar-refractivity contribution in [2.24, 2.45) is 0 Å². The van der Waals surface area contributed by atoms with Gasteiger partial charge in [-0.2, -0.15) is 0 Å². The highest BCUT2D eigenvalue weighted by atomic mass is 16.5. The number of benzene rings is 3. The maximum atomic E-state index is 12.8. The van der Waals surface area contributed by atoms with E-state index in [1.807, 2.05) is 12.1 Å². The number of hydrogen-bond donors (Lipinski definition) is 2. The zero-order valence-corrected chi connectivity index (χ0v) is 16.6. The van der Waals surface area contributed by atoms with Crippen LogP contribution < -0.4 is 5.32 Å². The van der Waals surface area contributed by atoms with Crippen molar-refractivity contribution in [3.8, 4) is 5.75 Å². The number of esters is 2. The second kappa shape index (κ2) is 9.09. The van der Waals surface area contributed by atoms with E-state index in [1.54, 1.807) is 42.5 Å². The number of anilines is 1. The third-order valence-electron chi connectivity index (χ3n) is 4.61. The maximum Gasteiger partial charge on any atom is 0.309 e. The Morgan fingerprint density at radius 2 is 1.47 bits per heavy atom. The van der Waals surface area contributed by atoms with Crippen LogP contribution in [0.15, 0.2) is 54.6 Å². The average molecular weight is 407 g/mol. The van der Waals surface area contributed by atoms with E-state index in [9.17, 15) is 19.5 Å². The van der Waals surface area contributed by atoms with E-state index in [4.69, 9.17) is 9.47 Å². The molecule has 0 fully saturated rings. The Morgan fingerprint density at radius 1 is 0.867 bits per heavy atom. The largest absolute Gasteiger partial charge is 0.506 e. The van der Waals surface area contributed by atoms with Gasteiger partial charge >= 0.3 is 11.9 Å². The van der Waals surface area contributed by atoms with Crippen molar-refractivity contribution in [2.75, 3.05) is 19.5 Å². The lowest BCUT2D eigenvalue weighted by Gasteiger charge is -2.12. The molecule has 0 saturated heterocycles. The molecule has 0 spiro atoms. The highest BCUT2D eigenvalue weighted by Gasteiger charge is 2.16. The minimum absolute atomic E-state index is 0.0182. The summed E-state index contributed by atoms with van der Waals surface area (Å²) in [5.41, 5.74) is 1.64. The van der Waals surface area contributed by atoms with Crippen LogP contribution in [0.5, 0.6) is 5.75 Å². The number of aromatic hydroxyl groups is 1. The third kappa shape index (κ3) is 4.75. The van der Waals surface area contributed by atoms with E-state index in [2.05, 4.69) is 5.32 Å². The molecule has 0 heterocycles. The predicted molar refractivity (Wildman–Crippen MR) is 111 cm³/mol. The van der Waals surface area contributed by atoms with Crippen LogP contribution in [0.3, 0.4) is 0 Å². The summed E-state index contributed by atoms with van der Waals surface area (Å²) in [7, 11) is 2.57. The number of amides is 1. The van der Waals surface area contributed by atoms with Crippen molar-refractivity contribution in [3.63, 3.8) is 0 Å². The van der Waals surface area contributed by atoms with Crippen LogP contribution in [0, 0.1) is 0 Å². The molecule has 0 aliphatic carbocycles. The summed E-state index contributed by atoms with van der Waals surface area (Å²) < 4.78 is 9.38. The Bertz CT molecular complexity index is 1090. The second-order valence-electron chi connectivity index (χ2n) is 6.68. The van der Waals surface area contributed by atoms with E-state index in [0.29, 0.717) is 22.2 Å². The van der Waals surface area contributed by atoms with Crippen LogP contribution in [-0.2, 0) is 31.9 Å². The number of phenolic OH excluding ortho intramolecular Hbond substituents is 1. The summed E-state index contributed by atoms with van der Waals surface area (Å²) >= 11 is 0. The number of carbonyl (C=O) groups is 3. The highest BCUT2D eigenvalue weighted by molar-refractivity contribution is 6.10. The fourth-order valence-electron chi connectivity index (χ4n) is 3.15. The van der Waals surface area contributed by atoms with Gasteiger partial charge in [0.25, 0.3) is 5.91 Å². The quantitative estimate of drug-likeness (QED) is 0.609. The van der Waals surface area contributed by atoms with Crippen LogP contribution >= 0.6 is 0 Å². The third-order valence-corrected chi connectivity index (χ3v) is 4.61. The Kier molecular flexibility index (Phi) is 6.32. The monoisotopic (exact) mass is 407 g/mol. The fraction of sp³-hybridized carbons (Fsp3) is 0.174. The van der Waals surface area contributed by atoms with Crippen molar-refractivity contribution in [3.05, 3.63) is 71.3 Å². The van der Waals surface area contributed by atoms with Gasteiger partial charge in [-0.15, -0.1) is 0 Å². The molecule has 0 aliphatic rings. The van der Waals surface area contributed by atoms with Gasteiger partial charge in [0.1, 0.15) is 5.75 Å². The van der Waals surface area contributed by atoms with Gasteiger partial charge in [0.2, 0.25) is 0 Å². The molecule has 30 heavy (non-hydrogen) atoms. The number of nitrogens with one attached hydrogen (secondary N) is 1. The zero-order valence-electron chi connectivity index (χ0n) is 16.6. The van der Waals surface area contributed by atoms with Crippen LogP contribution in [-0.4, -0.2) is 37.2 Å². The number of phenols is 1. The number of carbonyl (C=O) groups excluding carboxylic acids is 3. The first-order chi connectivity index (χ1) is 14.4. The fourth-order valence-corrected chi connectivity index (χ4v) is 3.15. The Labute approximate surface area is 173 Å². The minimum atomic E-state index is -0.516. The van der Waals surface area contributed by atoms with Gasteiger partial charge in [0, 0.05) is 11.1 Å². The lowest BCUT2D eigenvalue weighted by atomic mass is 10.0. The Balaban J connectivity index is 1.92. The van der Waals surface area contributed by atoms with Crippen LogP contribution in [0.25, 0.3) is 10.8 Å². The molecular formula is C23H21NO6. The summed E-state index contributed by atoms with van der Waals surface area (Å²) in [5, 5.41) is 14.6. The van der Waals surface area contributed by atoms with Crippen molar-refractivity contribution >= 4 is 34.3 Å². The van der Waals surface area contributed by atoms with Crippen LogP contribution in [0.4, 0.5) is 5.69 Å². The number of fused-ring (bicyclic) bond motifs is 1. The molecule has 3 rings (SSSR count). The molecule has 0 bridgehead atoms. The number of rotatable bonds is 6. The standard InChI is InChI=1S/C23H21NO6/c1-29-20(25)12-14-9-15(13-21(26)30-2)11-17(10-14)24-23(28)19-8-7-16-5-3-4-6-18(16)22(19)27/h3-11,27H,12-13H2,1-2H3,(H,24,28). The van der Waals surface area contributed by atoms with Gasteiger partial charge in [0.15, 0.2) is 0 Å². The molecule has 2 N–H and O–H groups in total. The molecule has 154 valence electrons. The first-order valence-electron chi connectivity index (χ1n) is 9.20. The van der Waals surface area contributed by atoms with Gasteiger partial charge in [0.05, 0.1) is 32.6 Å². The van der Waals surface area contributed by atoms with Crippen LogP contribution in [0.2, 0.25) is 0 Å². The highest BCUT2D eigenvalue weighted by Crippen LogP contribution is 2.29. The van der Waals surface area contributed by atoms with E-state index >= 15 is 0 Å². The summed E-state index contributed by atoms with van der Waals surface area (Å²) in [5.74, 6) is -1.53. The van der Waals surface area contributed by atoms with Gasteiger partial charge in [-0.05, 0) is 34.7 Å². The summed E-state index contributed by atoms with van der Waals surface area (Å²) in [6.07, 6.45) is -0.0365. The number of methoxy groups -OCH3 is 2. The Morgan fingerprint density at radius 3 is 2.07 bits per heavy atom. The molecule has 0 saturated carbocycles. The molecule has 7 nitrogen and oxygen atoms in total. The summed E-state index contributed by atoms with van der Waals surface area (Å²) in [6, 6.07) is 15.4. The van der Waals surface area contributed by atoms with Gasteiger partial charge in [-0.3, -0.25) is 14.4 Å². The molecule has 0 atom stereocenters. The molecule has 0 unspecified atom stereocenters. The molecule has 0 aliphatic heterocycles. The van der Waals surface area contributed by atoms with E-state index < -0.39 is 17.8 Å². The molecule has 0 aromatic heterocycles. The molecule has 1 amide bonds. The second-order valence-corrected chi connectivity index (χ2v) is 6.68. The molecule has 3 aromatic rings. The lowest BCUT2D eigenvalue weighted by Crippen LogP contribution is -2.14. The molecule has 7 heteroatoms.